The first kappa shape index (κ1) is 11.5. The number of aromatic nitrogens is 1. The molecule has 90 valence electrons. The summed E-state index contributed by atoms with van der Waals surface area (Å²) in [6.45, 7) is 3.36. The lowest BCUT2D eigenvalue weighted by Crippen LogP contribution is -2.13. The molecule has 2 nitrogen and oxygen atoms in total. The minimum atomic E-state index is 0.568. The first-order valence-corrected chi connectivity index (χ1v) is 7.62. The highest BCUT2D eigenvalue weighted by atomic mass is 79.9. The van der Waals surface area contributed by atoms with E-state index in [4.69, 9.17) is 0 Å². The molecule has 0 atom stereocenters. The van der Waals surface area contributed by atoms with Gasteiger partial charge in [0, 0.05) is 11.0 Å². The number of fused-ring (bicyclic) bond motifs is 1. The molecular weight excluding hydrogens is 296 g/mol. The molecule has 1 aliphatic carbocycles. The van der Waals surface area contributed by atoms with Crippen LogP contribution in [0.2, 0.25) is 0 Å². The quantitative estimate of drug-likeness (QED) is 0.888. The molecule has 3 rings (SSSR count). The average Bonchev–Trinajstić information content (AvgIpc) is 3.00. The van der Waals surface area contributed by atoms with Crippen LogP contribution in [0.5, 0.6) is 0 Å². The molecule has 2 aromatic rings. The molecule has 1 aliphatic rings. The molecule has 17 heavy (non-hydrogen) atoms. The first-order valence-electron chi connectivity index (χ1n) is 6.01. The van der Waals surface area contributed by atoms with Crippen molar-refractivity contribution in [3.05, 3.63) is 22.7 Å². The Labute approximate surface area is 114 Å². The molecule has 0 bridgehead atoms. The summed E-state index contributed by atoms with van der Waals surface area (Å²) in [6, 6.07) is 6.26. The van der Waals surface area contributed by atoms with Crippen LogP contribution in [-0.4, -0.2) is 11.5 Å². The Balaban J connectivity index is 1.77. The maximum absolute atomic E-state index is 4.62. The second-order valence-corrected chi connectivity index (χ2v) is 6.78. The average molecular weight is 311 g/mol. The molecule has 0 aliphatic heterocycles. The van der Waals surface area contributed by atoms with Crippen LogP contribution in [0.25, 0.3) is 10.2 Å². The number of anilines is 1. The number of nitrogens with one attached hydrogen (secondary N) is 1. The molecule has 0 radical (unpaired) electrons. The molecule has 1 aromatic carbocycles. The SMILES string of the molecule is CCC1(CNc2nc3cc(Br)ccc3s2)CC1. The highest BCUT2D eigenvalue weighted by Crippen LogP contribution is 2.48. The Morgan fingerprint density at radius 1 is 1.47 bits per heavy atom. The summed E-state index contributed by atoms with van der Waals surface area (Å²) in [5, 5.41) is 4.55. The highest BCUT2D eigenvalue weighted by molar-refractivity contribution is 9.10. The maximum atomic E-state index is 4.62. The zero-order valence-corrected chi connectivity index (χ0v) is 12.2. The van der Waals surface area contributed by atoms with Gasteiger partial charge in [0.25, 0.3) is 0 Å². The molecule has 1 N–H and O–H groups in total. The van der Waals surface area contributed by atoms with E-state index in [-0.39, 0.29) is 0 Å². The molecule has 0 amide bonds. The number of rotatable bonds is 4. The van der Waals surface area contributed by atoms with Crippen LogP contribution in [0.1, 0.15) is 26.2 Å². The molecule has 1 aromatic heterocycles. The minimum absolute atomic E-state index is 0.568. The third-order valence-electron chi connectivity index (χ3n) is 3.67. The summed E-state index contributed by atoms with van der Waals surface area (Å²) in [6.07, 6.45) is 4.01. The van der Waals surface area contributed by atoms with Crippen molar-refractivity contribution in [1.82, 2.24) is 4.98 Å². The molecule has 0 saturated heterocycles. The molecule has 1 heterocycles. The van der Waals surface area contributed by atoms with Gasteiger partial charge in [-0.1, -0.05) is 34.2 Å². The number of hydrogen-bond donors (Lipinski definition) is 1. The Bertz CT molecular complexity index is 545. The van der Waals surface area contributed by atoms with Crippen LogP contribution < -0.4 is 5.32 Å². The van der Waals surface area contributed by atoms with E-state index in [2.05, 4.69) is 51.4 Å². The zero-order valence-electron chi connectivity index (χ0n) is 9.79. The fourth-order valence-electron chi connectivity index (χ4n) is 2.07. The zero-order chi connectivity index (χ0) is 11.9. The summed E-state index contributed by atoms with van der Waals surface area (Å²) in [5.74, 6) is 0. The molecule has 0 spiro atoms. The van der Waals surface area contributed by atoms with Crippen molar-refractivity contribution in [2.75, 3.05) is 11.9 Å². The fourth-order valence-corrected chi connectivity index (χ4v) is 3.26. The van der Waals surface area contributed by atoms with Gasteiger partial charge in [-0.15, -0.1) is 0 Å². The normalized spacial score (nSPS) is 17.3. The van der Waals surface area contributed by atoms with E-state index in [0.717, 1.165) is 21.7 Å². The Morgan fingerprint density at radius 2 is 2.29 bits per heavy atom. The summed E-state index contributed by atoms with van der Waals surface area (Å²) in [5.41, 5.74) is 1.64. The Kier molecular flexibility index (Phi) is 2.87. The van der Waals surface area contributed by atoms with Gasteiger partial charge in [0.2, 0.25) is 0 Å². The van der Waals surface area contributed by atoms with Gasteiger partial charge >= 0.3 is 0 Å². The minimum Gasteiger partial charge on any atom is -0.361 e. The smallest absolute Gasteiger partial charge is 0.183 e. The van der Waals surface area contributed by atoms with Crippen LogP contribution in [0, 0.1) is 5.41 Å². The highest BCUT2D eigenvalue weighted by Gasteiger charge is 2.40. The number of halogens is 1. The maximum Gasteiger partial charge on any atom is 0.183 e. The van der Waals surface area contributed by atoms with Crippen molar-refractivity contribution < 1.29 is 0 Å². The lowest BCUT2D eigenvalue weighted by molar-refractivity contribution is 0.521. The predicted octanol–water partition coefficient (Wildman–Crippen LogP) is 4.66. The lowest BCUT2D eigenvalue weighted by atomic mass is 10.0. The monoisotopic (exact) mass is 310 g/mol. The third kappa shape index (κ3) is 2.33. The molecule has 1 fully saturated rings. The van der Waals surface area contributed by atoms with Crippen molar-refractivity contribution in [2.45, 2.75) is 26.2 Å². The van der Waals surface area contributed by atoms with E-state index in [0.29, 0.717) is 5.41 Å². The molecule has 1 saturated carbocycles. The number of hydrogen-bond acceptors (Lipinski definition) is 3. The van der Waals surface area contributed by atoms with E-state index < -0.39 is 0 Å². The van der Waals surface area contributed by atoms with Crippen molar-refractivity contribution in [3.63, 3.8) is 0 Å². The van der Waals surface area contributed by atoms with Gasteiger partial charge in [-0.3, -0.25) is 0 Å². The van der Waals surface area contributed by atoms with E-state index in [9.17, 15) is 0 Å². The van der Waals surface area contributed by atoms with Crippen molar-refractivity contribution in [3.8, 4) is 0 Å². The van der Waals surface area contributed by atoms with Crippen LogP contribution in [0.15, 0.2) is 22.7 Å². The van der Waals surface area contributed by atoms with Crippen LogP contribution in [0.4, 0.5) is 5.13 Å². The first-order chi connectivity index (χ1) is 8.21. The van der Waals surface area contributed by atoms with Gasteiger partial charge in [-0.05, 0) is 42.9 Å². The van der Waals surface area contributed by atoms with Crippen LogP contribution >= 0.6 is 27.3 Å². The fraction of sp³-hybridized carbons (Fsp3) is 0.462. The summed E-state index contributed by atoms with van der Waals surface area (Å²) in [7, 11) is 0. The number of thiazole rings is 1. The Morgan fingerprint density at radius 3 is 3.00 bits per heavy atom. The van der Waals surface area contributed by atoms with Gasteiger partial charge in [0.15, 0.2) is 5.13 Å². The van der Waals surface area contributed by atoms with Crippen molar-refractivity contribution in [2.24, 2.45) is 5.41 Å². The second kappa shape index (κ2) is 4.25. The summed E-state index contributed by atoms with van der Waals surface area (Å²) in [4.78, 5) is 4.62. The second-order valence-electron chi connectivity index (χ2n) is 4.84. The topological polar surface area (TPSA) is 24.9 Å². The van der Waals surface area contributed by atoms with Crippen molar-refractivity contribution in [1.29, 1.82) is 0 Å². The van der Waals surface area contributed by atoms with Gasteiger partial charge < -0.3 is 5.32 Å². The number of nitrogens with zero attached hydrogens (tertiary/aromatic N) is 1. The number of benzene rings is 1. The standard InChI is InChI=1S/C13H15BrN2S/c1-2-13(5-6-13)8-15-12-16-10-7-9(14)3-4-11(10)17-12/h3-4,7H,2,5-6,8H2,1H3,(H,15,16). The van der Waals surface area contributed by atoms with E-state index in [1.165, 1.54) is 24.0 Å². The summed E-state index contributed by atoms with van der Waals surface area (Å²) >= 11 is 5.22. The van der Waals surface area contributed by atoms with Gasteiger partial charge in [0.1, 0.15) is 0 Å². The van der Waals surface area contributed by atoms with Crippen molar-refractivity contribution >= 4 is 42.6 Å². The largest absolute Gasteiger partial charge is 0.361 e. The van der Waals surface area contributed by atoms with Gasteiger partial charge in [-0.25, -0.2) is 4.98 Å². The molecule has 0 unspecified atom stereocenters. The predicted molar refractivity (Wildman–Crippen MR) is 77.8 cm³/mol. The van der Waals surface area contributed by atoms with Gasteiger partial charge in [-0.2, -0.15) is 0 Å². The van der Waals surface area contributed by atoms with Crippen LogP contribution in [-0.2, 0) is 0 Å². The van der Waals surface area contributed by atoms with E-state index in [1.54, 1.807) is 11.3 Å². The lowest BCUT2D eigenvalue weighted by Gasteiger charge is -2.11. The van der Waals surface area contributed by atoms with E-state index >= 15 is 0 Å². The Hall–Kier alpha value is -0.610. The third-order valence-corrected chi connectivity index (χ3v) is 5.16. The molecule has 4 heteroatoms. The summed E-state index contributed by atoms with van der Waals surface area (Å²) < 4.78 is 2.34. The van der Waals surface area contributed by atoms with Crippen LogP contribution in [0.3, 0.4) is 0 Å². The van der Waals surface area contributed by atoms with E-state index in [1.807, 2.05) is 0 Å². The molecular formula is C13H15BrN2S. The van der Waals surface area contributed by atoms with Gasteiger partial charge in [0.05, 0.1) is 10.2 Å².